The van der Waals surface area contributed by atoms with Crippen molar-refractivity contribution in [1.29, 1.82) is 0 Å². The second-order valence-corrected chi connectivity index (χ2v) is 0.289. The Labute approximate surface area is 41.7 Å². The molecule has 0 spiro atoms. The summed E-state index contributed by atoms with van der Waals surface area (Å²) in [6.07, 6.45) is 0. The fourth-order valence-electron chi connectivity index (χ4n) is 0. The van der Waals surface area contributed by atoms with E-state index in [0.29, 0.717) is 0 Å². The Morgan fingerprint density at radius 1 is 1.00 bits per heavy atom. The minimum Gasteiger partial charge on any atom is -0.907 e. The predicted octanol–water partition coefficient (Wildman–Crippen LogP) is -3.95. The maximum absolute atomic E-state index is 8.42. The third-order valence-corrected chi connectivity index (χ3v) is 0. The van der Waals surface area contributed by atoms with Crippen molar-refractivity contribution in [3.63, 3.8) is 0 Å². The van der Waals surface area contributed by atoms with Gasteiger partial charge in [0.15, 0.2) is 0 Å². The van der Waals surface area contributed by atoms with Gasteiger partial charge >= 0.3 is 0 Å². The summed E-state index contributed by atoms with van der Waals surface area (Å²) >= 11 is 0. The number of hydrogen-bond acceptors (Lipinski definition) is 3. The third kappa shape index (κ3) is 103. The maximum atomic E-state index is 8.42. The average molecular weight is 110 g/mol. The van der Waals surface area contributed by atoms with Gasteiger partial charge in [-0.25, -0.2) is 0 Å². The van der Waals surface area contributed by atoms with Crippen LogP contribution < -0.4 is 15.1 Å². The van der Waals surface area contributed by atoms with E-state index < -0.39 is 7.32 Å². The van der Waals surface area contributed by atoms with Crippen molar-refractivity contribution < 1.29 is 33.6 Å². The van der Waals surface area contributed by atoms with E-state index in [4.69, 9.17) is 15.1 Å². The average Bonchev–Trinajstić information content (AvgIpc) is 0.811. The molecule has 0 saturated carbocycles. The third-order valence-electron chi connectivity index (χ3n) is 0. The molecule has 0 fully saturated rings. The molecule has 1 radical (unpaired) electrons. The summed E-state index contributed by atoms with van der Waals surface area (Å²) in [4.78, 5) is 0. The maximum Gasteiger partial charge on any atom is 0 e. The first-order chi connectivity index (χ1) is 1.73. The molecule has 0 atom stereocenters. The molecule has 0 heterocycles. The number of rotatable bonds is 0. The SMILES string of the molecule is [O-]B([O-])[O-].[V]. The van der Waals surface area contributed by atoms with Crippen LogP contribution in [0.4, 0.5) is 0 Å². The van der Waals surface area contributed by atoms with E-state index in [9.17, 15) is 0 Å². The molecule has 0 amide bonds. The Morgan fingerprint density at radius 3 is 1.00 bits per heavy atom. The van der Waals surface area contributed by atoms with Crippen LogP contribution in [0.3, 0.4) is 0 Å². The largest absolute Gasteiger partial charge is 0.907 e. The van der Waals surface area contributed by atoms with Crippen LogP contribution in [-0.2, 0) is 18.6 Å². The predicted molar refractivity (Wildman–Crippen MR) is 5.75 cm³/mol. The molecule has 5 heteroatoms. The Balaban J connectivity index is 0. The fraction of sp³-hybridized carbons (Fsp3) is 0. The van der Waals surface area contributed by atoms with E-state index in [1.807, 2.05) is 0 Å². The molecule has 0 aliphatic rings. The van der Waals surface area contributed by atoms with Gasteiger partial charge in [0, 0.05) is 18.6 Å². The molecule has 0 aromatic heterocycles. The molecular formula is BO3V-3. The van der Waals surface area contributed by atoms with Crippen LogP contribution in [0, 0.1) is 0 Å². The molecule has 0 unspecified atom stereocenters. The van der Waals surface area contributed by atoms with Crippen molar-refractivity contribution in [2.24, 2.45) is 0 Å². The minimum absolute atomic E-state index is 0. The number of hydrogen-bond donors (Lipinski definition) is 0. The van der Waals surface area contributed by atoms with Crippen LogP contribution in [0.15, 0.2) is 0 Å². The molecule has 0 aliphatic carbocycles. The van der Waals surface area contributed by atoms with E-state index in [-0.39, 0.29) is 18.6 Å². The van der Waals surface area contributed by atoms with Gasteiger partial charge in [-0.2, -0.15) is 0 Å². The topological polar surface area (TPSA) is 69.2 Å². The molecule has 0 rings (SSSR count). The molecule has 5 heavy (non-hydrogen) atoms. The molecule has 3 nitrogen and oxygen atoms in total. The van der Waals surface area contributed by atoms with Gasteiger partial charge in [0.25, 0.3) is 0 Å². The van der Waals surface area contributed by atoms with Crippen molar-refractivity contribution in [2.45, 2.75) is 0 Å². The van der Waals surface area contributed by atoms with Crippen LogP contribution in [0.25, 0.3) is 0 Å². The normalized spacial score (nSPS) is 5.40. The van der Waals surface area contributed by atoms with Crippen LogP contribution in [0.2, 0.25) is 0 Å². The Bertz CT molecular complexity index is 11.6. The molecule has 0 aliphatic heterocycles. The zero-order chi connectivity index (χ0) is 3.58. The van der Waals surface area contributed by atoms with Crippen molar-refractivity contribution in [1.82, 2.24) is 0 Å². The van der Waals surface area contributed by atoms with Crippen LogP contribution >= 0.6 is 0 Å². The van der Waals surface area contributed by atoms with Gasteiger partial charge in [0.2, 0.25) is 0 Å². The molecule has 29 valence electrons. The van der Waals surface area contributed by atoms with E-state index in [0.717, 1.165) is 0 Å². The van der Waals surface area contributed by atoms with Gasteiger partial charge in [0.05, 0.1) is 0 Å². The molecule has 0 bridgehead atoms. The summed E-state index contributed by atoms with van der Waals surface area (Å²) in [5.74, 6) is 0. The van der Waals surface area contributed by atoms with Crippen LogP contribution in [0.5, 0.6) is 0 Å². The van der Waals surface area contributed by atoms with Crippen molar-refractivity contribution >= 4 is 7.32 Å². The summed E-state index contributed by atoms with van der Waals surface area (Å²) in [6, 6.07) is 0. The van der Waals surface area contributed by atoms with E-state index >= 15 is 0 Å². The summed E-state index contributed by atoms with van der Waals surface area (Å²) < 4.78 is 0. The second kappa shape index (κ2) is 4.53. The summed E-state index contributed by atoms with van der Waals surface area (Å²) in [5.41, 5.74) is 0. The van der Waals surface area contributed by atoms with Crippen molar-refractivity contribution in [2.75, 3.05) is 0 Å². The summed E-state index contributed by atoms with van der Waals surface area (Å²) in [6.45, 7) is 0. The smallest absolute Gasteiger partial charge is 0 e. The first kappa shape index (κ1) is 9.11. The first-order valence-corrected chi connectivity index (χ1v) is 0.707. The van der Waals surface area contributed by atoms with Gasteiger partial charge in [-0.15, -0.1) is 0 Å². The molecule has 0 aromatic rings. The van der Waals surface area contributed by atoms with Crippen LogP contribution in [-0.4, -0.2) is 7.32 Å². The fourth-order valence-corrected chi connectivity index (χ4v) is 0. The second-order valence-electron chi connectivity index (χ2n) is 0.289. The van der Waals surface area contributed by atoms with Gasteiger partial charge in [-0.05, 0) is 0 Å². The zero-order valence-corrected chi connectivity index (χ0v) is 3.65. The van der Waals surface area contributed by atoms with E-state index in [1.54, 1.807) is 0 Å². The van der Waals surface area contributed by atoms with Gasteiger partial charge in [0.1, 0.15) is 0 Å². The zero-order valence-electron chi connectivity index (χ0n) is 2.25. The monoisotopic (exact) mass is 110 g/mol. The van der Waals surface area contributed by atoms with E-state index in [2.05, 4.69) is 0 Å². The van der Waals surface area contributed by atoms with Crippen LogP contribution in [0.1, 0.15) is 0 Å². The Hall–Kier alpha value is 0.529. The Kier molecular flexibility index (Phi) is 8.25. The molecular weight excluding hydrogens is 110 g/mol. The summed E-state index contributed by atoms with van der Waals surface area (Å²) in [7, 11) is -2.92. The summed E-state index contributed by atoms with van der Waals surface area (Å²) in [5, 5.41) is 25.2. The molecule has 0 aromatic carbocycles. The van der Waals surface area contributed by atoms with Crippen molar-refractivity contribution in [3.05, 3.63) is 0 Å². The van der Waals surface area contributed by atoms with E-state index in [1.165, 1.54) is 0 Å². The minimum atomic E-state index is -2.92. The van der Waals surface area contributed by atoms with Gasteiger partial charge in [-0.3, -0.25) is 7.32 Å². The van der Waals surface area contributed by atoms with Crippen molar-refractivity contribution in [3.8, 4) is 0 Å². The first-order valence-electron chi connectivity index (χ1n) is 0.707. The molecule has 0 saturated heterocycles. The van der Waals surface area contributed by atoms with Gasteiger partial charge < -0.3 is 15.1 Å². The standard InChI is InChI=1S/BO3.V/c2-1(3)4;/q-3;. The Morgan fingerprint density at radius 2 is 1.00 bits per heavy atom. The van der Waals surface area contributed by atoms with Gasteiger partial charge in [-0.1, -0.05) is 0 Å². The molecule has 0 N–H and O–H groups in total. The quantitative estimate of drug-likeness (QED) is 0.298.